The van der Waals surface area contributed by atoms with Crippen LogP contribution in [0.5, 0.6) is 0 Å². The monoisotopic (exact) mass is 310 g/mol. The van der Waals surface area contributed by atoms with Gasteiger partial charge in [0, 0.05) is 23.7 Å². The van der Waals surface area contributed by atoms with Crippen LogP contribution >= 0.6 is 22.9 Å². The maximum Gasteiger partial charge on any atom is 0.317 e. The van der Waals surface area contributed by atoms with Crippen LogP contribution in [0.25, 0.3) is 0 Å². The van der Waals surface area contributed by atoms with E-state index in [-0.39, 0.29) is 6.54 Å². The van der Waals surface area contributed by atoms with Crippen LogP contribution in [0.2, 0.25) is 4.34 Å². The molecule has 2 heterocycles. The van der Waals surface area contributed by atoms with Crippen LogP contribution in [0.1, 0.15) is 16.3 Å². The van der Waals surface area contributed by atoms with Crippen molar-refractivity contribution in [3.05, 3.63) is 50.9 Å². The smallest absolute Gasteiger partial charge is 0.317 e. The fourth-order valence-corrected chi connectivity index (χ4v) is 3.06. The number of aryl methyl sites for hydroxylation is 1. The van der Waals surface area contributed by atoms with Crippen LogP contribution in [-0.4, -0.2) is 27.5 Å². The fraction of sp³-hybridized carbons (Fsp3) is 0.286. The first-order valence-electron chi connectivity index (χ1n) is 6.14. The van der Waals surface area contributed by atoms with Crippen LogP contribution in [-0.2, 0) is 17.9 Å². The van der Waals surface area contributed by atoms with Gasteiger partial charge < -0.3 is 5.11 Å². The minimum Gasteiger partial charge on any atom is -0.480 e. The Bertz CT molecular complexity index is 600. The summed E-state index contributed by atoms with van der Waals surface area (Å²) in [6, 6.07) is 9.50. The molecule has 0 aromatic carbocycles. The second kappa shape index (κ2) is 6.83. The van der Waals surface area contributed by atoms with Gasteiger partial charge >= 0.3 is 5.97 Å². The van der Waals surface area contributed by atoms with E-state index in [0.717, 1.165) is 16.3 Å². The highest BCUT2D eigenvalue weighted by molar-refractivity contribution is 7.16. The molecule has 0 bridgehead atoms. The van der Waals surface area contributed by atoms with E-state index in [0.29, 0.717) is 17.4 Å². The highest BCUT2D eigenvalue weighted by Gasteiger charge is 2.13. The van der Waals surface area contributed by atoms with E-state index >= 15 is 0 Å². The van der Waals surface area contributed by atoms with Gasteiger partial charge in [-0.15, -0.1) is 11.3 Å². The third-order valence-electron chi connectivity index (χ3n) is 2.70. The predicted molar refractivity (Wildman–Crippen MR) is 80.1 cm³/mol. The second-order valence-electron chi connectivity index (χ2n) is 4.52. The Hall–Kier alpha value is -1.43. The molecule has 2 rings (SSSR count). The zero-order valence-corrected chi connectivity index (χ0v) is 12.6. The van der Waals surface area contributed by atoms with Gasteiger partial charge in [-0.05, 0) is 31.2 Å². The lowest BCUT2D eigenvalue weighted by atomic mass is 10.3. The van der Waals surface area contributed by atoms with Crippen LogP contribution < -0.4 is 0 Å². The summed E-state index contributed by atoms with van der Waals surface area (Å²) in [6.07, 6.45) is 0. The Morgan fingerprint density at radius 1 is 1.35 bits per heavy atom. The number of carboxylic acid groups (broad SMARTS) is 1. The molecule has 0 fully saturated rings. The van der Waals surface area contributed by atoms with Gasteiger partial charge in [0.25, 0.3) is 0 Å². The highest BCUT2D eigenvalue weighted by Crippen LogP contribution is 2.23. The normalized spacial score (nSPS) is 10.9. The lowest BCUT2D eigenvalue weighted by molar-refractivity contribution is -0.138. The van der Waals surface area contributed by atoms with Crippen LogP contribution in [0.3, 0.4) is 0 Å². The van der Waals surface area contributed by atoms with Crippen molar-refractivity contribution in [1.82, 2.24) is 9.88 Å². The SMILES string of the molecule is Cc1cccc(CN(CC(=O)O)Cc2ccc(Cl)s2)n1. The van der Waals surface area contributed by atoms with Gasteiger partial charge in [0.1, 0.15) is 0 Å². The molecule has 4 nitrogen and oxygen atoms in total. The maximum absolute atomic E-state index is 11.0. The quantitative estimate of drug-likeness (QED) is 0.890. The molecule has 6 heteroatoms. The van der Waals surface area contributed by atoms with Gasteiger partial charge in [-0.25, -0.2) is 0 Å². The molecule has 0 aliphatic heterocycles. The van der Waals surface area contributed by atoms with Crippen LogP contribution in [0, 0.1) is 6.92 Å². The summed E-state index contributed by atoms with van der Waals surface area (Å²) < 4.78 is 0.712. The molecule has 1 N–H and O–H groups in total. The van der Waals surface area contributed by atoms with Crippen molar-refractivity contribution in [3.63, 3.8) is 0 Å². The molecule has 0 spiro atoms. The Balaban J connectivity index is 2.09. The van der Waals surface area contributed by atoms with Gasteiger partial charge in [-0.3, -0.25) is 14.7 Å². The van der Waals surface area contributed by atoms with E-state index in [4.69, 9.17) is 16.7 Å². The molecule has 0 radical (unpaired) electrons. The second-order valence-corrected chi connectivity index (χ2v) is 6.31. The Morgan fingerprint density at radius 2 is 2.15 bits per heavy atom. The van der Waals surface area contributed by atoms with Gasteiger partial charge in [0.05, 0.1) is 16.6 Å². The molecule has 106 valence electrons. The molecule has 0 aliphatic rings. The van der Waals surface area contributed by atoms with Crippen molar-refractivity contribution < 1.29 is 9.90 Å². The highest BCUT2D eigenvalue weighted by atomic mass is 35.5. The zero-order valence-electron chi connectivity index (χ0n) is 11.0. The van der Waals surface area contributed by atoms with E-state index in [2.05, 4.69) is 4.98 Å². The van der Waals surface area contributed by atoms with E-state index in [9.17, 15) is 4.79 Å². The molecule has 0 saturated heterocycles. The average Bonchev–Trinajstić information content (AvgIpc) is 2.73. The zero-order chi connectivity index (χ0) is 14.5. The largest absolute Gasteiger partial charge is 0.480 e. The Morgan fingerprint density at radius 3 is 2.75 bits per heavy atom. The van der Waals surface area contributed by atoms with Crippen LogP contribution in [0.15, 0.2) is 30.3 Å². The van der Waals surface area contributed by atoms with Gasteiger partial charge in [-0.2, -0.15) is 0 Å². The van der Waals surface area contributed by atoms with Gasteiger partial charge in [0.2, 0.25) is 0 Å². The number of carbonyl (C=O) groups is 1. The molecule has 0 aliphatic carbocycles. The lowest BCUT2D eigenvalue weighted by Crippen LogP contribution is -2.29. The molecule has 0 atom stereocenters. The predicted octanol–water partition coefficient (Wildman–Crippen LogP) is 3.19. The molecule has 0 unspecified atom stereocenters. The molecular weight excluding hydrogens is 296 g/mol. The maximum atomic E-state index is 11.0. The fourth-order valence-electron chi connectivity index (χ4n) is 1.93. The van der Waals surface area contributed by atoms with E-state index in [1.54, 1.807) is 0 Å². The van der Waals surface area contributed by atoms with E-state index in [1.807, 2.05) is 42.2 Å². The summed E-state index contributed by atoms with van der Waals surface area (Å²) in [5.41, 5.74) is 1.80. The topological polar surface area (TPSA) is 53.4 Å². The number of hydrogen-bond acceptors (Lipinski definition) is 4. The number of carboxylic acids is 1. The number of hydrogen-bond donors (Lipinski definition) is 1. The molecule has 0 amide bonds. The summed E-state index contributed by atoms with van der Waals surface area (Å²) in [6.45, 7) is 2.96. The van der Waals surface area contributed by atoms with Crippen molar-refractivity contribution in [2.24, 2.45) is 0 Å². The molecule has 0 saturated carbocycles. The number of aliphatic carboxylic acids is 1. The molecule has 2 aromatic heterocycles. The molecule has 20 heavy (non-hydrogen) atoms. The first kappa shape index (κ1) is 15.0. The Kier molecular flexibility index (Phi) is 5.11. The molecule has 2 aromatic rings. The van der Waals surface area contributed by atoms with E-state index < -0.39 is 5.97 Å². The minimum atomic E-state index is -0.847. The van der Waals surface area contributed by atoms with Crippen molar-refractivity contribution in [2.45, 2.75) is 20.0 Å². The third-order valence-corrected chi connectivity index (χ3v) is 3.91. The first-order valence-corrected chi connectivity index (χ1v) is 7.33. The number of aromatic nitrogens is 1. The van der Waals surface area contributed by atoms with Gasteiger partial charge in [0.15, 0.2) is 0 Å². The van der Waals surface area contributed by atoms with Crippen molar-refractivity contribution >= 4 is 28.9 Å². The van der Waals surface area contributed by atoms with Gasteiger partial charge in [-0.1, -0.05) is 17.7 Å². The standard InChI is InChI=1S/C14H15ClN2O2S/c1-10-3-2-4-11(16-10)7-17(9-14(18)19)8-12-5-6-13(15)20-12/h2-6H,7-9H2,1H3,(H,18,19). The summed E-state index contributed by atoms with van der Waals surface area (Å²) in [5.74, 6) is -0.847. The van der Waals surface area contributed by atoms with Crippen LogP contribution in [0.4, 0.5) is 0 Å². The van der Waals surface area contributed by atoms with Crippen molar-refractivity contribution in [2.75, 3.05) is 6.54 Å². The summed E-state index contributed by atoms with van der Waals surface area (Å²) in [7, 11) is 0. The summed E-state index contributed by atoms with van der Waals surface area (Å²) >= 11 is 7.37. The van der Waals surface area contributed by atoms with Crippen molar-refractivity contribution in [1.29, 1.82) is 0 Å². The number of rotatable bonds is 6. The third kappa shape index (κ3) is 4.59. The molecular formula is C14H15ClN2O2S. The lowest BCUT2D eigenvalue weighted by Gasteiger charge is -2.19. The number of nitrogens with zero attached hydrogens (tertiary/aromatic N) is 2. The Labute approximate surface area is 126 Å². The number of thiophene rings is 1. The average molecular weight is 311 g/mol. The number of pyridine rings is 1. The van der Waals surface area contributed by atoms with E-state index in [1.165, 1.54) is 11.3 Å². The van der Waals surface area contributed by atoms with Crippen molar-refractivity contribution in [3.8, 4) is 0 Å². The summed E-state index contributed by atoms with van der Waals surface area (Å²) in [4.78, 5) is 18.3. The first-order chi connectivity index (χ1) is 9.52. The summed E-state index contributed by atoms with van der Waals surface area (Å²) in [5, 5.41) is 9.01. The number of halogens is 1. The minimum absolute atomic E-state index is 0.0227.